The maximum atomic E-state index is 11.9. The minimum Gasteiger partial charge on any atom is -0.356 e. The van der Waals surface area contributed by atoms with Gasteiger partial charge in [-0.15, -0.1) is 0 Å². The molecule has 2 N–H and O–H groups in total. The Morgan fingerprint density at radius 1 is 1.23 bits per heavy atom. The molecule has 0 aliphatic carbocycles. The van der Waals surface area contributed by atoms with Gasteiger partial charge in [-0.3, -0.25) is 4.79 Å². The van der Waals surface area contributed by atoms with Crippen LogP contribution in [0, 0.1) is 17.8 Å². The summed E-state index contributed by atoms with van der Waals surface area (Å²) in [7, 11) is 0. The number of nitrogens with one attached hydrogen (secondary N) is 2. The molecule has 1 unspecified atom stereocenters. The molecule has 2 aliphatic rings. The Kier molecular flexibility index (Phi) is 7.67. The lowest BCUT2D eigenvalue weighted by molar-refractivity contribution is -0.121. The smallest absolute Gasteiger partial charge is 0.220 e. The van der Waals surface area contributed by atoms with Gasteiger partial charge in [0.05, 0.1) is 0 Å². The van der Waals surface area contributed by atoms with Gasteiger partial charge in [0.25, 0.3) is 0 Å². The van der Waals surface area contributed by atoms with Crippen LogP contribution < -0.4 is 10.6 Å². The molecule has 2 fully saturated rings. The molecular formula is C18H35N3O. The van der Waals surface area contributed by atoms with Gasteiger partial charge >= 0.3 is 0 Å². The average molecular weight is 309 g/mol. The first-order chi connectivity index (χ1) is 10.6. The predicted molar refractivity (Wildman–Crippen MR) is 91.8 cm³/mol. The van der Waals surface area contributed by atoms with Crippen LogP contribution in [0.25, 0.3) is 0 Å². The van der Waals surface area contributed by atoms with E-state index in [1.807, 2.05) is 0 Å². The van der Waals surface area contributed by atoms with Crippen molar-refractivity contribution >= 4 is 5.91 Å². The normalized spacial score (nSPS) is 24.0. The Morgan fingerprint density at radius 3 is 2.64 bits per heavy atom. The number of carbonyl (C=O) groups excluding carboxylic acids is 1. The average Bonchev–Trinajstić information content (AvgIpc) is 3.03. The maximum Gasteiger partial charge on any atom is 0.220 e. The van der Waals surface area contributed by atoms with Crippen molar-refractivity contribution in [1.29, 1.82) is 0 Å². The zero-order chi connectivity index (χ0) is 15.8. The van der Waals surface area contributed by atoms with Crippen molar-refractivity contribution in [3.63, 3.8) is 0 Å². The van der Waals surface area contributed by atoms with Crippen LogP contribution in [-0.2, 0) is 4.79 Å². The second-order valence-corrected chi connectivity index (χ2v) is 7.67. The molecule has 2 aliphatic heterocycles. The van der Waals surface area contributed by atoms with Crippen molar-refractivity contribution in [1.82, 2.24) is 15.5 Å². The molecule has 1 atom stereocenters. The summed E-state index contributed by atoms with van der Waals surface area (Å²) in [5, 5.41) is 6.53. The quantitative estimate of drug-likeness (QED) is 0.723. The number of carbonyl (C=O) groups is 1. The molecule has 0 aromatic carbocycles. The molecule has 0 aromatic heterocycles. The van der Waals surface area contributed by atoms with E-state index < -0.39 is 0 Å². The van der Waals surface area contributed by atoms with E-state index in [1.165, 1.54) is 45.3 Å². The topological polar surface area (TPSA) is 44.4 Å². The number of likely N-dealkylation sites (tertiary alicyclic amines) is 1. The van der Waals surface area contributed by atoms with Crippen molar-refractivity contribution < 1.29 is 4.79 Å². The van der Waals surface area contributed by atoms with Gasteiger partial charge in [0.15, 0.2) is 0 Å². The zero-order valence-electron chi connectivity index (χ0n) is 14.6. The first-order valence-corrected chi connectivity index (χ1v) is 9.33. The van der Waals surface area contributed by atoms with Gasteiger partial charge in [0, 0.05) is 13.0 Å². The van der Waals surface area contributed by atoms with Gasteiger partial charge in [0.1, 0.15) is 0 Å². The fraction of sp³-hybridized carbons (Fsp3) is 0.944. The van der Waals surface area contributed by atoms with E-state index in [2.05, 4.69) is 29.4 Å². The molecule has 0 radical (unpaired) electrons. The molecule has 2 rings (SSSR count). The number of amides is 1. The van der Waals surface area contributed by atoms with Crippen molar-refractivity contribution in [2.24, 2.45) is 17.8 Å². The highest BCUT2D eigenvalue weighted by atomic mass is 16.1. The van der Waals surface area contributed by atoms with E-state index in [1.54, 1.807) is 0 Å². The lowest BCUT2D eigenvalue weighted by Gasteiger charge is -2.32. The van der Waals surface area contributed by atoms with Gasteiger partial charge in [-0.25, -0.2) is 0 Å². The monoisotopic (exact) mass is 309 g/mol. The van der Waals surface area contributed by atoms with Crippen molar-refractivity contribution in [2.75, 3.05) is 39.3 Å². The second-order valence-electron chi connectivity index (χ2n) is 7.67. The summed E-state index contributed by atoms with van der Waals surface area (Å²) in [5.74, 6) is 2.46. The van der Waals surface area contributed by atoms with Gasteiger partial charge in [-0.1, -0.05) is 13.8 Å². The first kappa shape index (κ1) is 17.7. The van der Waals surface area contributed by atoms with Crippen LogP contribution in [0.2, 0.25) is 0 Å². The first-order valence-electron chi connectivity index (χ1n) is 9.33. The minimum absolute atomic E-state index is 0.258. The molecule has 0 saturated carbocycles. The van der Waals surface area contributed by atoms with Gasteiger partial charge in [-0.05, 0) is 82.6 Å². The number of nitrogens with zero attached hydrogens (tertiary/aromatic N) is 1. The third-order valence-corrected chi connectivity index (χ3v) is 5.26. The highest BCUT2D eigenvalue weighted by Crippen LogP contribution is 2.18. The van der Waals surface area contributed by atoms with E-state index in [-0.39, 0.29) is 5.91 Å². The van der Waals surface area contributed by atoms with Crippen LogP contribution in [0.4, 0.5) is 0 Å². The highest BCUT2D eigenvalue weighted by molar-refractivity contribution is 5.75. The summed E-state index contributed by atoms with van der Waals surface area (Å²) in [4.78, 5) is 14.5. The molecule has 4 nitrogen and oxygen atoms in total. The Labute approximate surface area is 136 Å². The van der Waals surface area contributed by atoms with E-state index in [9.17, 15) is 4.79 Å². The van der Waals surface area contributed by atoms with Gasteiger partial charge in [-0.2, -0.15) is 0 Å². The summed E-state index contributed by atoms with van der Waals surface area (Å²) < 4.78 is 0. The zero-order valence-corrected chi connectivity index (χ0v) is 14.6. The van der Waals surface area contributed by atoms with Gasteiger partial charge in [0.2, 0.25) is 5.91 Å². The van der Waals surface area contributed by atoms with E-state index in [0.717, 1.165) is 37.9 Å². The fourth-order valence-corrected chi connectivity index (χ4v) is 3.50. The predicted octanol–water partition coefficient (Wildman–Crippen LogP) is 2.25. The molecule has 1 amide bonds. The van der Waals surface area contributed by atoms with E-state index in [4.69, 9.17) is 0 Å². The SMILES string of the molecule is CC(C)CCN1CCC(CNC(=O)CCC2CCNC2)CC1. The maximum absolute atomic E-state index is 11.9. The Balaban J connectivity index is 1.51. The molecule has 2 heterocycles. The van der Waals surface area contributed by atoms with Crippen molar-refractivity contribution in [3.05, 3.63) is 0 Å². The summed E-state index contributed by atoms with van der Waals surface area (Å²) in [6.07, 6.45) is 6.78. The lowest BCUT2D eigenvalue weighted by Crippen LogP contribution is -2.39. The van der Waals surface area contributed by atoms with Gasteiger partial charge < -0.3 is 15.5 Å². The molecule has 22 heavy (non-hydrogen) atoms. The van der Waals surface area contributed by atoms with Crippen LogP contribution in [0.3, 0.4) is 0 Å². The molecular weight excluding hydrogens is 274 g/mol. The largest absolute Gasteiger partial charge is 0.356 e. The van der Waals surface area contributed by atoms with Crippen molar-refractivity contribution in [3.8, 4) is 0 Å². The molecule has 0 spiro atoms. The molecule has 0 aromatic rings. The van der Waals surface area contributed by atoms with Crippen LogP contribution in [-0.4, -0.2) is 50.1 Å². The highest BCUT2D eigenvalue weighted by Gasteiger charge is 2.20. The van der Waals surface area contributed by atoms with Crippen LogP contribution in [0.5, 0.6) is 0 Å². The van der Waals surface area contributed by atoms with Crippen molar-refractivity contribution in [2.45, 2.75) is 52.4 Å². The second kappa shape index (κ2) is 9.51. The molecule has 2 saturated heterocycles. The minimum atomic E-state index is 0.258. The Bertz CT molecular complexity index is 318. The third kappa shape index (κ3) is 6.66. The number of rotatable bonds is 8. The summed E-state index contributed by atoms with van der Waals surface area (Å²) in [6, 6.07) is 0. The molecule has 128 valence electrons. The van der Waals surface area contributed by atoms with E-state index in [0.29, 0.717) is 12.3 Å². The number of hydrogen-bond donors (Lipinski definition) is 2. The lowest BCUT2D eigenvalue weighted by atomic mass is 9.96. The summed E-state index contributed by atoms with van der Waals surface area (Å²) in [6.45, 7) is 11.4. The Hall–Kier alpha value is -0.610. The third-order valence-electron chi connectivity index (χ3n) is 5.26. The number of hydrogen-bond acceptors (Lipinski definition) is 3. The van der Waals surface area contributed by atoms with E-state index >= 15 is 0 Å². The molecule has 0 bridgehead atoms. The van der Waals surface area contributed by atoms with Crippen LogP contribution >= 0.6 is 0 Å². The summed E-state index contributed by atoms with van der Waals surface area (Å²) in [5.41, 5.74) is 0. The Morgan fingerprint density at radius 2 is 2.00 bits per heavy atom. The van der Waals surface area contributed by atoms with Crippen LogP contribution in [0.15, 0.2) is 0 Å². The fourth-order valence-electron chi connectivity index (χ4n) is 3.50. The number of piperidine rings is 1. The molecule has 4 heteroatoms. The van der Waals surface area contributed by atoms with Crippen LogP contribution in [0.1, 0.15) is 52.4 Å². The standard InChI is InChI=1S/C18H35N3O/c1-15(2)6-10-21-11-7-17(8-12-21)14-20-18(22)4-3-16-5-9-19-13-16/h15-17,19H,3-14H2,1-2H3,(H,20,22). The summed E-state index contributed by atoms with van der Waals surface area (Å²) >= 11 is 0.